The maximum Gasteiger partial charge on any atom is 0.266 e. The third-order valence-electron chi connectivity index (χ3n) is 2.67. The highest BCUT2D eigenvalue weighted by atomic mass is 16.7. The zero-order valence-electron chi connectivity index (χ0n) is 10.5. The summed E-state index contributed by atoms with van der Waals surface area (Å²) in [6.45, 7) is 0.359. The second-order valence-electron chi connectivity index (χ2n) is 3.78. The predicted octanol–water partition coefficient (Wildman–Crippen LogP) is 1.43. The van der Waals surface area contributed by atoms with Crippen LogP contribution in [0, 0.1) is 0 Å². The SMILES string of the molecule is COc1ccc(CCONC=O)c(C2OC=CO2)c1. The molecule has 0 saturated carbocycles. The minimum Gasteiger partial charge on any atom is -0.497 e. The van der Waals surface area contributed by atoms with E-state index in [9.17, 15) is 4.79 Å². The average molecular weight is 265 g/mol. The Morgan fingerprint density at radius 3 is 2.84 bits per heavy atom. The number of carbonyl (C=O) groups is 1. The molecular formula is C13H15NO5. The quantitative estimate of drug-likeness (QED) is 0.459. The van der Waals surface area contributed by atoms with Crippen molar-refractivity contribution in [2.24, 2.45) is 0 Å². The van der Waals surface area contributed by atoms with Crippen LogP contribution in [-0.2, 0) is 25.5 Å². The number of hydroxylamine groups is 1. The molecule has 1 heterocycles. The number of rotatable bonds is 7. The first-order valence-electron chi connectivity index (χ1n) is 5.79. The Bertz CT molecular complexity index is 452. The summed E-state index contributed by atoms with van der Waals surface area (Å²) in [5.41, 5.74) is 4.03. The molecule has 0 unspecified atom stereocenters. The molecule has 19 heavy (non-hydrogen) atoms. The molecule has 0 aliphatic carbocycles. The van der Waals surface area contributed by atoms with Gasteiger partial charge in [0.25, 0.3) is 6.29 Å². The van der Waals surface area contributed by atoms with Crippen molar-refractivity contribution in [3.05, 3.63) is 41.9 Å². The number of hydrogen-bond acceptors (Lipinski definition) is 5. The Balaban J connectivity index is 2.09. The van der Waals surface area contributed by atoms with E-state index >= 15 is 0 Å². The third kappa shape index (κ3) is 3.38. The van der Waals surface area contributed by atoms with Crippen LogP contribution in [0.15, 0.2) is 30.7 Å². The van der Waals surface area contributed by atoms with Crippen LogP contribution < -0.4 is 10.2 Å². The van der Waals surface area contributed by atoms with Crippen molar-refractivity contribution < 1.29 is 23.8 Å². The molecule has 1 aromatic rings. The van der Waals surface area contributed by atoms with E-state index < -0.39 is 6.29 Å². The van der Waals surface area contributed by atoms with Gasteiger partial charge in [-0.1, -0.05) is 6.07 Å². The second-order valence-corrected chi connectivity index (χ2v) is 3.78. The molecule has 0 atom stereocenters. The fourth-order valence-corrected chi connectivity index (χ4v) is 1.79. The lowest BCUT2D eigenvalue weighted by atomic mass is 10.0. The molecule has 0 fully saturated rings. The number of benzene rings is 1. The summed E-state index contributed by atoms with van der Waals surface area (Å²) in [5.74, 6) is 0.727. The van der Waals surface area contributed by atoms with Crippen LogP contribution in [-0.4, -0.2) is 20.1 Å². The van der Waals surface area contributed by atoms with Crippen LogP contribution in [0.25, 0.3) is 0 Å². The van der Waals surface area contributed by atoms with Gasteiger partial charge in [-0.2, -0.15) is 0 Å². The van der Waals surface area contributed by atoms with Crippen molar-refractivity contribution in [2.75, 3.05) is 13.7 Å². The predicted molar refractivity (Wildman–Crippen MR) is 65.9 cm³/mol. The van der Waals surface area contributed by atoms with E-state index in [1.54, 1.807) is 7.11 Å². The van der Waals surface area contributed by atoms with Gasteiger partial charge in [0.2, 0.25) is 6.41 Å². The maximum absolute atomic E-state index is 10.1. The summed E-state index contributed by atoms with van der Waals surface area (Å²) in [5, 5.41) is 0. The van der Waals surface area contributed by atoms with Gasteiger partial charge >= 0.3 is 0 Å². The van der Waals surface area contributed by atoms with Crippen molar-refractivity contribution >= 4 is 6.41 Å². The summed E-state index contributed by atoms with van der Waals surface area (Å²) in [6.07, 6.45) is 3.63. The zero-order valence-corrected chi connectivity index (χ0v) is 10.5. The highest BCUT2D eigenvalue weighted by molar-refractivity contribution is 5.43. The third-order valence-corrected chi connectivity index (χ3v) is 2.67. The highest BCUT2D eigenvalue weighted by Gasteiger charge is 2.20. The summed E-state index contributed by atoms with van der Waals surface area (Å²) < 4.78 is 15.9. The molecular weight excluding hydrogens is 250 g/mol. The van der Waals surface area contributed by atoms with E-state index in [0.717, 1.165) is 16.9 Å². The molecule has 0 bridgehead atoms. The van der Waals surface area contributed by atoms with Gasteiger partial charge in [-0.3, -0.25) is 9.63 Å². The number of ether oxygens (including phenoxy) is 3. The molecule has 6 nitrogen and oxygen atoms in total. The average Bonchev–Trinajstić information content (AvgIpc) is 2.97. The smallest absolute Gasteiger partial charge is 0.266 e. The van der Waals surface area contributed by atoms with Crippen molar-refractivity contribution in [3.63, 3.8) is 0 Å². The Hall–Kier alpha value is -2.21. The summed E-state index contributed by atoms with van der Waals surface area (Å²) in [7, 11) is 1.60. The Kier molecular flexibility index (Phi) is 4.63. The molecule has 1 aromatic carbocycles. The first-order chi connectivity index (χ1) is 9.35. The minimum atomic E-state index is -0.468. The number of methoxy groups -OCH3 is 1. The van der Waals surface area contributed by atoms with Crippen LogP contribution >= 0.6 is 0 Å². The lowest BCUT2D eigenvalue weighted by molar-refractivity contribution is -0.120. The molecule has 2 rings (SSSR count). The Morgan fingerprint density at radius 1 is 1.37 bits per heavy atom. The van der Waals surface area contributed by atoms with Gasteiger partial charge in [0.1, 0.15) is 18.3 Å². The van der Waals surface area contributed by atoms with Gasteiger partial charge in [-0.15, -0.1) is 0 Å². The van der Waals surface area contributed by atoms with E-state index in [2.05, 4.69) is 5.48 Å². The Morgan fingerprint density at radius 2 is 2.16 bits per heavy atom. The first kappa shape index (κ1) is 13.2. The molecule has 6 heteroatoms. The van der Waals surface area contributed by atoms with Gasteiger partial charge < -0.3 is 14.2 Å². The molecule has 0 radical (unpaired) electrons. The zero-order chi connectivity index (χ0) is 13.5. The molecule has 1 aliphatic rings. The topological polar surface area (TPSA) is 66.0 Å². The van der Waals surface area contributed by atoms with Crippen LogP contribution in [0.2, 0.25) is 0 Å². The van der Waals surface area contributed by atoms with Crippen LogP contribution in [0.4, 0.5) is 0 Å². The van der Waals surface area contributed by atoms with Crippen molar-refractivity contribution in [3.8, 4) is 5.75 Å². The molecule has 1 aliphatic heterocycles. The summed E-state index contributed by atoms with van der Waals surface area (Å²) in [6, 6.07) is 5.64. The van der Waals surface area contributed by atoms with E-state index in [0.29, 0.717) is 19.4 Å². The van der Waals surface area contributed by atoms with Gasteiger partial charge in [0.05, 0.1) is 13.7 Å². The van der Waals surface area contributed by atoms with Crippen LogP contribution in [0.5, 0.6) is 5.75 Å². The summed E-state index contributed by atoms with van der Waals surface area (Å²) in [4.78, 5) is 15.0. The van der Waals surface area contributed by atoms with Gasteiger partial charge in [0.15, 0.2) is 0 Å². The van der Waals surface area contributed by atoms with Crippen LogP contribution in [0.1, 0.15) is 17.4 Å². The van der Waals surface area contributed by atoms with Gasteiger partial charge in [-0.05, 0) is 24.1 Å². The van der Waals surface area contributed by atoms with Gasteiger partial charge in [-0.25, -0.2) is 5.48 Å². The monoisotopic (exact) mass is 265 g/mol. The number of nitrogens with one attached hydrogen (secondary N) is 1. The number of carbonyl (C=O) groups excluding carboxylic acids is 1. The van der Waals surface area contributed by atoms with Crippen molar-refractivity contribution in [1.82, 2.24) is 5.48 Å². The van der Waals surface area contributed by atoms with E-state index in [4.69, 9.17) is 19.0 Å². The highest BCUT2D eigenvalue weighted by Crippen LogP contribution is 2.30. The first-order valence-corrected chi connectivity index (χ1v) is 5.79. The lowest BCUT2D eigenvalue weighted by Crippen LogP contribution is -2.14. The van der Waals surface area contributed by atoms with E-state index in [-0.39, 0.29) is 0 Å². The molecule has 1 amide bonds. The molecule has 0 spiro atoms. The fraction of sp³-hybridized carbons (Fsp3) is 0.308. The standard InChI is InChI=1S/C13H15NO5/c1-16-11-3-2-10(4-5-19-14-9-15)12(8-11)13-17-6-7-18-13/h2-3,6-9,13H,4-5H2,1H3,(H,14,15). The number of hydrogen-bond donors (Lipinski definition) is 1. The molecule has 0 aromatic heterocycles. The minimum absolute atomic E-state index is 0.359. The maximum atomic E-state index is 10.1. The summed E-state index contributed by atoms with van der Waals surface area (Å²) >= 11 is 0. The van der Waals surface area contributed by atoms with Crippen molar-refractivity contribution in [2.45, 2.75) is 12.7 Å². The van der Waals surface area contributed by atoms with Gasteiger partial charge in [0, 0.05) is 5.56 Å². The van der Waals surface area contributed by atoms with Crippen molar-refractivity contribution in [1.29, 1.82) is 0 Å². The van der Waals surface area contributed by atoms with E-state index in [1.165, 1.54) is 12.5 Å². The Labute approximate surface area is 110 Å². The van der Waals surface area contributed by atoms with Crippen LogP contribution in [0.3, 0.4) is 0 Å². The number of amides is 1. The lowest BCUT2D eigenvalue weighted by Gasteiger charge is -2.16. The molecule has 0 saturated heterocycles. The normalized spacial score (nSPS) is 13.7. The fourth-order valence-electron chi connectivity index (χ4n) is 1.79. The second kappa shape index (κ2) is 6.65. The van der Waals surface area contributed by atoms with E-state index in [1.807, 2.05) is 18.2 Å². The molecule has 1 N–H and O–H groups in total. The molecule has 102 valence electrons. The largest absolute Gasteiger partial charge is 0.497 e.